The van der Waals surface area contributed by atoms with E-state index < -0.39 is 5.41 Å². The van der Waals surface area contributed by atoms with Crippen molar-refractivity contribution in [3.05, 3.63) is 0 Å². The predicted molar refractivity (Wildman–Crippen MR) is 125 cm³/mol. The molecular formula is C26H50N2O. The minimum absolute atomic E-state index is 0.000882. The molecule has 3 nitrogen and oxygen atoms in total. The van der Waals surface area contributed by atoms with E-state index in [0.717, 1.165) is 32.4 Å². The molecule has 2 rings (SSSR count). The van der Waals surface area contributed by atoms with Crippen molar-refractivity contribution in [2.24, 2.45) is 38.4 Å². The molecule has 29 heavy (non-hydrogen) atoms. The van der Waals surface area contributed by atoms with E-state index in [9.17, 15) is 4.79 Å². The maximum absolute atomic E-state index is 14.1. The van der Waals surface area contributed by atoms with Gasteiger partial charge in [-0.1, -0.05) is 83.1 Å². The fourth-order valence-electron chi connectivity index (χ4n) is 7.29. The predicted octanol–water partition coefficient (Wildman–Crippen LogP) is 6.03. The van der Waals surface area contributed by atoms with Crippen LogP contribution in [0.5, 0.6) is 0 Å². The van der Waals surface area contributed by atoms with Gasteiger partial charge in [-0.25, -0.2) is 0 Å². The van der Waals surface area contributed by atoms with Crippen LogP contribution in [-0.4, -0.2) is 25.0 Å². The van der Waals surface area contributed by atoms with Gasteiger partial charge in [0, 0.05) is 19.1 Å². The lowest BCUT2D eigenvalue weighted by Gasteiger charge is -2.59. The lowest BCUT2D eigenvalue weighted by molar-refractivity contribution is -0.161. The van der Waals surface area contributed by atoms with E-state index in [0.29, 0.717) is 11.8 Å². The SMILES string of the molecule is CC(C)CC(C)(C)C1CC2(C(=O)N1)C(C)(C)CC(C)(C)CNCC(C)(C)C2(C)C. The topological polar surface area (TPSA) is 41.1 Å². The molecule has 1 amide bonds. The Labute approximate surface area is 181 Å². The van der Waals surface area contributed by atoms with Crippen molar-refractivity contribution in [3.63, 3.8) is 0 Å². The van der Waals surface area contributed by atoms with Crippen LogP contribution in [0.3, 0.4) is 0 Å². The van der Waals surface area contributed by atoms with Gasteiger partial charge in [0.2, 0.25) is 5.91 Å². The zero-order valence-corrected chi connectivity index (χ0v) is 21.6. The Morgan fingerprint density at radius 1 is 0.966 bits per heavy atom. The Kier molecular flexibility index (Phi) is 6.17. The molecule has 2 N–H and O–H groups in total. The Morgan fingerprint density at radius 3 is 2.03 bits per heavy atom. The van der Waals surface area contributed by atoms with Crippen molar-refractivity contribution in [2.75, 3.05) is 13.1 Å². The monoisotopic (exact) mass is 406 g/mol. The van der Waals surface area contributed by atoms with Gasteiger partial charge in [0.1, 0.15) is 0 Å². The van der Waals surface area contributed by atoms with Gasteiger partial charge in [0.25, 0.3) is 0 Å². The normalized spacial score (nSPS) is 33.8. The number of amides is 1. The summed E-state index contributed by atoms with van der Waals surface area (Å²) in [7, 11) is 0. The summed E-state index contributed by atoms with van der Waals surface area (Å²) in [5.41, 5.74) is -0.404. The van der Waals surface area contributed by atoms with E-state index in [-0.39, 0.29) is 33.1 Å². The molecule has 0 aromatic heterocycles. The molecule has 170 valence electrons. The van der Waals surface area contributed by atoms with Crippen LogP contribution in [0.25, 0.3) is 0 Å². The first-order valence-corrected chi connectivity index (χ1v) is 11.8. The molecule has 1 spiro atoms. The van der Waals surface area contributed by atoms with E-state index in [2.05, 4.69) is 93.7 Å². The number of carbonyl (C=O) groups is 1. The van der Waals surface area contributed by atoms with Gasteiger partial charge in [-0.2, -0.15) is 0 Å². The second-order valence-electron chi connectivity index (χ2n) is 14.1. The molecular weight excluding hydrogens is 356 g/mol. The third kappa shape index (κ3) is 4.02. The molecule has 3 heteroatoms. The fraction of sp³-hybridized carbons (Fsp3) is 0.962. The van der Waals surface area contributed by atoms with Crippen LogP contribution in [0.4, 0.5) is 0 Å². The maximum atomic E-state index is 14.1. The van der Waals surface area contributed by atoms with Crippen molar-refractivity contribution in [1.82, 2.24) is 10.6 Å². The number of nitrogens with one attached hydrogen (secondary N) is 2. The van der Waals surface area contributed by atoms with Crippen LogP contribution in [0.2, 0.25) is 0 Å². The summed E-state index contributed by atoms with van der Waals surface area (Å²) in [5, 5.41) is 7.30. The van der Waals surface area contributed by atoms with Gasteiger partial charge in [0.15, 0.2) is 0 Å². The summed E-state index contributed by atoms with van der Waals surface area (Å²) in [5.74, 6) is 0.916. The second-order valence-corrected chi connectivity index (χ2v) is 14.1. The Morgan fingerprint density at radius 2 is 1.52 bits per heavy atom. The average molecular weight is 407 g/mol. The van der Waals surface area contributed by atoms with Gasteiger partial charge in [-0.05, 0) is 52.3 Å². The smallest absolute Gasteiger partial charge is 0.227 e. The molecule has 2 heterocycles. The van der Waals surface area contributed by atoms with Crippen LogP contribution in [-0.2, 0) is 4.79 Å². The van der Waals surface area contributed by atoms with Gasteiger partial charge >= 0.3 is 0 Å². The van der Waals surface area contributed by atoms with Crippen molar-refractivity contribution in [3.8, 4) is 0 Å². The Bertz CT molecular complexity index is 627. The molecule has 2 fully saturated rings. The first kappa shape index (κ1) is 24.7. The van der Waals surface area contributed by atoms with Crippen molar-refractivity contribution < 1.29 is 4.79 Å². The highest BCUT2D eigenvalue weighted by Crippen LogP contribution is 2.66. The minimum atomic E-state index is -0.397. The van der Waals surface area contributed by atoms with E-state index in [4.69, 9.17) is 0 Å². The molecule has 0 aromatic rings. The van der Waals surface area contributed by atoms with Gasteiger partial charge < -0.3 is 10.6 Å². The quantitative estimate of drug-likeness (QED) is 0.600. The standard InChI is InChI=1S/C26H50N2O/c1-18(2)13-22(5,6)19-14-26(20(29)28-19)23(7,8)15-21(3,4)16-27-17-24(9,10)25(26,11)12/h18-19,27H,13-17H2,1-12H3,(H,28,29). The molecule has 2 unspecified atom stereocenters. The number of hydrogen-bond acceptors (Lipinski definition) is 2. The minimum Gasteiger partial charge on any atom is -0.352 e. The second kappa shape index (κ2) is 7.24. The number of rotatable bonds is 3. The largest absolute Gasteiger partial charge is 0.352 e. The average Bonchev–Trinajstić information content (AvgIpc) is 2.84. The summed E-state index contributed by atoms with van der Waals surface area (Å²) < 4.78 is 0. The maximum Gasteiger partial charge on any atom is 0.227 e. The third-order valence-corrected chi connectivity index (χ3v) is 9.09. The molecule has 0 bridgehead atoms. The molecule has 0 saturated carbocycles. The van der Waals surface area contributed by atoms with Crippen molar-refractivity contribution in [2.45, 2.75) is 108 Å². The van der Waals surface area contributed by atoms with Crippen LogP contribution in [0.1, 0.15) is 102 Å². The molecule has 0 aliphatic carbocycles. The highest BCUT2D eigenvalue weighted by atomic mass is 16.2. The van der Waals surface area contributed by atoms with E-state index >= 15 is 0 Å². The van der Waals surface area contributed by atoms with E-state index in [1.807, 2.05) is 0 Å². The summed E-state index contributed by atoms with van der Waals surface area (Å²) in [4.78, 5) is 14.1. The first-order valence-electron chi connectivity index (χ1n) is 11.8. The molecule has 2 aliphatic heterocycles. The number of carbonyl (C=O) groups excluding carboxylic acids is 1. The highest BCUT2D eigenvalue weighted by molar-refractivity contribution is 5.87. The summed E-state index contributed by atoms with van der Waals surface area (Å²) in [6.45, 7) is 30.1. The van der Waals surface area contributed by atoms with E-state index in [1.54, 1.807) is 0 Å². The van der Waals surface area contributed by atoms with Gasteiger partial charge in [-0.3, -0.25) is 4.79 Å². The lowest BCUT2D eigenvalue weighted by Crippen LogP contribution is -2.60. The Balaban J connectivity index is 2.65. The zero-order valence-electron chi connectivity index (χ0n) is 21.6. The molecule has 0 radical (unpaired) electrons. The molecule has 2 aliphatic rings. The fourth-order valence-corrected chi connectivity index (χ4v) is 7.29. The lowest BCUT2D eigenvalue weighted by atomic mass is 9.43. The Hall–Kier alpha value is -0.570. The van der Waals surface area contributed by atoms with Crippen LogP contribution < -0.4 is 10.6 Å². The van der Waals surface area contributed by atoms with Crippen molar-refractivity contribution >= 4 is 5.91 Å². The summed E-state index contributed by atoms with van der Waals surface area (Å²) in [6.07, 6.45) is 3.10. The number of hydrogen-bond donors (Lipinski definition) is 2. The molecule has 0 aromatic carbocycles. The van der Waals surface area contributed by atoms with Gasteiger partial charge in [-0.15, -0.1) is 0 Å². The van der Waals surface area contributed by atoms with Crippen LogP contribution in [0.15, 0.2) is 0 Å². The first-order chi connectivity index (χ1) is 12.8. The van der Waals surface area contributed by atoms with Crippen molar-refractivity contribution in [1.29, 1.82) is 0 Å². The van der Waals surface area contributed by atoms with Crippen LogP contribution in [0, 0.1) is 38.4 Å². The highest BCUT2D eigenvalue weighted by Gasteiger charge is 2.68. The molecule has 2 saturated heterocycles. The third-order valence-electron chi connectivity index (χ3n) is 9.09. The zero-order chi connectivity index (χ0) is 22.7. The summed E-state index contributed by atoms with van der Waals surface area (Å²) >= 11 is 0. The van der Waals surface area contributed by atoms with Gasteiger partial charge in [0.05, 0.1) is 5.41 Å². The van der Waals surface area contributed by atoms with E-state index in [1.165, 1.54) is 0 Å². The van der Waals surface area contributed by atoms with Crippen LogP contribution >= 0.6 is 0 Å². The summed E-state index contributed by atoms with van der Waals surface area (Å²) in [6, 6.07) is 0.226. The molecule has 2 atom stereocenters.